The largest absolute Gasteiger partial charge is 0.513 e. The Kier molecular flexibility index (Phi) is 5.32. The van der Waals surface area contributed by atoms with Crippen molar-refractivity contribution in [3.05, 3.63) is 23.8 Å². The fraction of sp³-hybridized carbons (Fsp3) is 0.455. The molecule has 0 amide bonds. The third-order valence-corrected chi connectivity index (χ3v) is 2.27. The summed E-state index contributed by atoms with van der Waals surface area (Å²) in [5.41, 5.74) is -0.485. The van der Waals surface area contributed by atoms with Crippen LogP contribution in [0.4, 0.5) is 26.1 Å². The highest BCUT2D eigenvalue weighted by atomic mass is 19.4. The molecule has 114 valence electrons. The SMILES string of the molecule is Cc1ccc(OCCOCC(F)(F)F)c([B-](F)(F)F)c1. The van der Waals surface area contributed by atoms with Crippen LogP contribution < -0.4 is 10.2 Å². The minimum atomic E-state index is -5.25. The first-order chi connectivity index (χ1) is 9.09. The lowest BCUT2D eigenvalue weighted by Crippen LogP contribution is -2.36. The number of halogens is 6. The Morgan fingerprint density at radius 1 is 1.10 bits per heavy atom. The molecule has 0 heterocycles. The van der Waals surface area contributed by atoms with Gasteiger partial charge >= 0.3 is 13.2 Å². The van der Waals surface area contributed by atoms with Gasteiger partial charge in [-0.1, -0.05) is 23.2 Å². The van der Waals surface area contributed by atoms with Crippen LogP contribution in [0.25, 0.3) is 0 Å². The summed E-state index contributed by atoms with van der Waals surface area (Å²) in [6.07, 6.45) is -4.47. The molecule has 9 heteroatoms. The standard InChI is InChI=1S/C11H12BF6O2/c1-8-2-3-10(9(6-8)12(16,17)18)20-5-4-19-7-11(13,14)15/h2-3,6H,4-5,7H2,1H3/q-1. The lowest BCUT2D eigenvalue weighted by molar-refractivity contribution is -0.175. The molecular formula is C11H12BF6O2-. The second-order valence-corrected chi connectivity index (χ2v) is 4.13. The maximum atomic E-state index is 12.8. The maximum Gasteiger partial charge on any atom is 0.513 e. The van der Waals surface area contributed by atoms with Crippen LogP contribution in [-0.2, 0) is 4.74 Å². The number of ether oxygens (including phenoxy) is 2. The molecule has 2 nitrogen and oxygen atoms in total. The summed E-state index contributed by atoms with van der Waals surface area (Å²) in [4.78, 5) is 0. The van der Waals surface area contributed by atoms with E-state index in [1.165, 1.54) is 13.0 Å². The molecule has 0 saturated heterocycles. The molecule has 1 rings (SSSR count). The Balaban J connectivity index is 2.56. The molecule has 0 aliphatic heterocycles. The fourth-order valence-electron chi connectivity index (χ4n) is 1.45. The van der Waals surface area contributed by atoms with Crippen LogP contribution in [0.1, 0.15) is 5.56 Å². The van der Waals surface area contributed by atoms with Gasteiger partial charge in [0.15, 0.2) is 0 Å². The second kappa shape index (κ2) is 6.38. The first-order valence-corrected chi connectivity index (χ1v) is 5.67. The van der Waals surface area contributed by atoms with Gasteiger partial charge in [0, 0.05) is 0 Å². The first kappa shape index (κ1) is 16.7. The summed E-state index contributed by atoms with van der Waals surface area (Å²) < 4.78 is 82.6. The molecule has 0 spiro atoms. The highest BCUT2D eigenvalue weighted by Crippen LogP contribution is 2.19. The van der Waals surface area contributed by atoms with Gasteiger partial charge in [-0.05, 0) is 13.0 Å². The molecule has 0 saturated carbocycles. The summed E-state index contributed by atoms with van der Waals surface area (Å²) >= 11 is 0. The van der Waals surface area contributed by atoms with Crippen molar-refractivity contribution in [2.24, 2.45) is 0 Å². The van der Waals surface area contributed by atoms with E-state index in [1.807, 2.05) is 0 Å². The maximum absolute atomic E-state index is 12.8. The number of hydrogen-bond acceptors (Lipinski definition) is 2. The topological polar surface area (TPSA) is 18.5 Å². The van der Waals surface area contributed by atoms with Gasteiger partial charge in [-0.15, -0.1) is 0 Å². The van der Waals surface area contributed by atoms with E-state index < -0.39 is 44.2 Å². The van der Waals surface area contributed by atoms with Crippen LogP contribution in [0, 0.1) is 6.92 Å². The molecule has 0 N–H and O–H groups in total. The van der Waals surface area contributed by atoms with E-state index in [2.05, 4.69) is 4.74 Å². The number of aryl methyl sites for hydroxylation is 1. The zero-order chi connectivity index (χ0) is 15.4. The number of hydrogen-bond donors (Lipinski definition) is 0. The summed E-state index contributed by atoms with van der Waals surface area (Å²) in [5.74, 6) is -0.404. The Bertz CT molecular complexity index is 444. The molecule has 0 aromatic heterocycles. The van der Waals surface area contributed by atoms with E-state index in [-0.39, 0.29) is 0 Å². The van der Waals surface area contributed by atoms with E-state index >= 15 is 0 Å². The van der Waals surface area contributed by atoms with E-state index in [4.69, 9.17) is 4.74 Å². The summed E-state index contributed by atoms with van der Waals surface area (Å²) in [7, 11) is 0. The molecule has 0 aliphatic rings. The van der Waals surface area contributed by atoms with Crippen LogP contribution in [0.2, 0.25) is 0 Å². The summed E-state index contributed by atoms with van der Waals surface area (Å²) in [6, 6.07) is 3.51. The predicted octanol–water partition coefficient (Wildman–Crippen LogP) is 3.01. The van der Waals surface area contributed by atoms with Crippen molar-refractivity contribution in [1.29, 1.82) is 0 Å². The lowest BCUT2D eigenvalue weighted by atomic mass is 9.78. The summed E-state index contributed by atoms with van der Waals surface area (Å²) in [5, 5.41) is 0. The molecule has 0 aliphatic carbocycles. The highest BCUT2D eigenvalue weighted by molar-refractivity contribution is 6.74. The number of benzene rings is 1. The van der Waals surface area contributed by atoms with Crippen LogP contribution in [-0.4, -0.2) is 33.0 Å². The summed E-state index contributed by atoms with van der Waals surface area (Å²) in [6.45, 7) is -6.04. The first-order valence-electron chi connectivity index (χ1n) is 5.67. The van der Waals surface area contributed by atoms with Crippen molar-refractivity contribution in [2.75, 3.05) is 19.8 Å². The second-order valence-electron chi connectivity index (χ2n) is 4.13. The molecule has 0 unspecified atom stereocenters. The number of alkyl halides is 3. The zero-order valence-electron chi connectivity index (χ0n) is 10.5. The fourth-order valence-corrected chi connectivity index (χ4v) is 1.45. The van der Waals surface area contributed by atoms with Gasteiger partial charge in [-0.2, -0.15) is 13.2 Å². The molecular weight excluding hydrogens is 289 g/mol. The van der Waals surface area contributed by atoms with Gasteiger partial charge in [0.05, 0.1) is 12.4 Å². The van der Waals surface area contributed by atoms with Crippen molar-refractivity contribution >= 4 is 12.4 Å². The van der Waals surface area contributed by atoms with E-state index in [0.717, 1.165) is 12.1 Å². The third-order valence-electron chi connectivity index (χ3n) is 2.27. The van der Waals surface area contributed by atoms with Gasteiger partial charge in [-0.25, -0.2) is 0 Å². The molecule has 0 fully saturated rings. The van der Waals surface area contributed by atoms with Crippen molar-refractivity contribution < 1.29 is 35.6 Å². The quantitative estimate of drug-likeness (QED) is 0.457. The third kappa shape index (κ3) is 5.73. The lowest BCUT2D eigenvalue weighted by Gasteiger charge is -2.20. The van der Waals surface area contributed by atoms with Crippen molar-refractivity contribution in [1.82, 2.24) is 0 Å². The Morgan fingerprint density at radius 3 is 2.30 bits per heavy atom. The minimum absolute atomic E-state index is 0.391. The molecule has 0 radical (unpaired) electrons. The average molecular weight is 301 g/mol. The van der Waals surface area contributed by atoms with Gasteiger partial charge in [0.1, 0.15) is 13.2 Å². The number of rotatable bonds is 6. The van der Waals surface area contributed by atoms with Gasteiger partial charge in [-0.3, -0.25) is 0 Å². The van der Waals surface area contributed by atoms with Crippen LogP contribution in [0.15, 0.2) is 18.2 Å². The van der Waals surface area contributed by atoms with E-state index in [9.17, 15) is 26.1 Å². The molecule has 0 bridgehead atoms. The smallest absolute Gasteiger partial charge is 0.494 e. The van der Waals surface area contributed by atoms with Crippen molar-refractivity contribution in [3.63, 3.8) is 0 Å². The van der Waals surface area contributed by atoms with Crippen molar-refractivity contribution in [2.45, 2.75) is 13.1 Å². The molecule has 20 heavy (non-hydrogen) atoms. The van der Waals surface area contributed by atoms with E-state index in [0.29, 0.717) is 5.56 Å². The normalized spacial score (nSPS) is 12.6. The van der Waals surface area contributed by atoms with Gasteiger partial charge in [0.25, 0.3) is 0 Å². The minimum Gasteiger partial charge on any atom is -0.494 e. The van der Waals surface area contributed by atoms with Gasteiger partial charge in [0.2, 0.25) is 0 Å². The highest BCUT2D eigenvalue weighted by Gasteiger charge is 2.29. The molecule has 1 aromatic rings. The monoisotopic (exact) mass is 301 g/mol. The van der Waals surface area contributed by atoms with E-state index in [1.54, 1.807) is 0 Å². The Morgan fingerprint density at radius 2 is 1.75 bits per heavy atom. The Hall–Kier alpha value is -1.38. The zero-order valence-corrected chi connectivity index (χ0v) is 10.5. The van der Waals surface area contributed by atoms with Crippen LogP contribution in [0.5, 0.6) is 5.75 Å². The van der Waals surface area contributed by atoms with Crippen molar-refractivity contribution in [3.8, 4) is 5.75 Å². The van der Waals surface area contributed by atoms with Crippen LogP contribution >= 0.6 is 0 Å². The predicted molar refractivity (Wildman–Crippen MR) is 62.3 cm³/mol. The van der Waals surface area contributed by atoms with Crippen LogP contribution in [0.3, 0.4) is 0 Å². The molecule has 1 aromatic carbocycles. The van der Waals surface area contributed by atoms with Gasteiger partial charge < -0.3 is 22.4 Å². The average Bonchev–Trinajstić information content (AvgIpc) is 2.27. The molecule has 0 atom stereocenters. The Labute approximate surface area is 111 Å².